The molecule has 0 radical (unpaired) electrons. The quantitative estimate of drug-likeness (QED) is 0.790. The Balaban J connectivity index is 2.11. The summed E-state index contributed by atoms with van der Waals surface area (Å²) in [6.07, 6.45) is 1.36. The summed E-state index contributed by atoms with van der Waals surface area (Å²) in [5, 5.41) is 9.77. The smallest absolute Gasteiger partial charge is 0.414 e. The van der Waals surface area contributed by atoms with Crippen LogP contribution in [0.1, 0.15) is 47.2 Å². The zero-order valence-electron chi connectivity index (χ0n) is 19.5. The van der Waals surface area contributed by atoms with Crippen molar-refractivity contribution in [3.8, 4) is 11.1 Å². The van der Waals surface area contributed by atoms with E-state index in [1.54, 1.807) is 9.80 Å². The molecule has 2 amide bonds. The summed E-state index contributed by atoms with van der Waals surface area (Å²) in [5.74, 6) is -0.0648. The highest BCUT2D eigenvalue weighted by molar-refractivity contribution is 6.03. The van der Waals surface area contributed by atoms with Crippen LogP contribution in [0.15, 0.2) is 30.5 Å². The molecule has 168 valence electrons. The monoisotopic (exact) mass is 427 g/mol. The van der Waals surface area contributed by atoms with Gasteiger partial charge in [-0.15, -0.1) is 0 Å². The number of carbonyl (C=O) groups excluding carboxylic acids is 2. The Kier molecular flexibility index (Phi) is 6.18. The van der Waals surface area contributed by atoms with Crippen molar-refractivity contribution in [1.29, 1.82) is 0 Å². The number of benzene rings is 1. The van der Waals surface area contributed by atoms with Crippen LogP contribution in [0.2, 0.25) is 0 Å². The van der Waals surface area contributed by atoms with E-state index in [1.807, 2.05) is 65.9 Å². The van der Waals surface area contributed by atoms with Crippen molar-refractivity contribution in [3.63, 3.8) is 0 Å². The highest BCUT2D eigenvalue weighted by Crippen LogP contribution is 2.40. The normalized spacial score (nSPS) is 16.5. The van der Waals surface area contributed by atoms with E-state index in [9.17, 15) is 14.7 Å². The number of rotatable bonds is 4. The summed E-state index contributed by atoms with van der Waals surface area (Å²) < 4.78 is 7.52. The first kappa shape index (κ1) is 22.9. The van der Waals surface area contributed by atoms with Gasteiger partial charge in [0.1, 0.15) is 0 Å². The average molecular weight is 428 g/mol. The van der Waals surface area contributed by atoms with Crippen molar-refractivity contribution in [2.24, 2.45) is 0 Å². The highest BCUT2D eigenvalue weighted by atomic mass is 16.6. The minimum absolute atomic E-state index is 0.0203. The number of hydrogen-bond donors (Lipinski definition) is 1. The number of aryl methyl sites for hydroxylation is 1. The Morgan fingerprint density at radius 2 is 1.87 bits per heavy atom. The van der Waals surface area contributed by atoms with E-state index in [0.717, 1.165) is 16.8 Å². The molecule has 0 unspecified atom stereocenters. The van der Waals surface area contributed by atoms with Crippen molar-refractivity contribution in [1.82, 2.24) is 4.57 Å². The third-order valence-electron chi connectivity index (χ3n) is 5.69. The van der Waals surface area contributed by atoms with Gasteiger partial charge in [-0.3, -0.25) is 9.69 Å². The zero-order chi connectivity index (χ0) is 23.1. The second-order valence-corrected chi connectivity index (χ2v) is 9.20. The zero-order valence-corrected chi connectivity index (χ0v) is 19.5. The Labute approximate surface area is 184 Å². The molecule has 2 aromatic rings. The highest BCUT2D eigenvalue weighted by Gasteiger charge is 2.35. The molecule has 0 saturated carbocycles. The second kappa shape index (κ2) is 8.38. The number of anilines is 2. The van der Waals surface area contributed by atoms with Crippen LogP contribution in [-0.4, -0.2) is 47.0 Å². The Morgan fingerprint density at radius 1 is 1.19 bits per heavy atom. The number of amides is 2. The lowest BCUT2D eigenvalue weighted by Crippen LogP contribution is -2.51. The van der Waals surface area contributed by atoms with E-state index in [-0.39, 0.29) is 24.7 Å². The molecule has 1 aromatic heterocycles. The maximum Gasteiger partial charge on any atom is 0.414 e. The average Bonchev–Trinajstić information content (AvgIpc) is 3.08. The minimum atomic E-state index is -0.426. The van der Waals surface area contributed by atoms with Crippen LogP contribution < -0.4 is 9.80 Å². The van der Waals surface area contributed by atoms with Gasteiger partial charge in [-0.05, 0) is 70.9 Å². The SMILES string of the molecule is CC(=O)N1c2ccc(-c3cc(C)n(C(C)(C)CO)c3)cc2N(C(=O)OC(C)C)C[C@@H]1C. The molecule has 1 atom stereocenters. The summed E-state index contributed by atoms with van der Waals surface area (Å²) in [5.41, 5.74) is 3.86. The second-order valence-electron chi connectivity index (χ2n) is 9.20. The van der Waals surface area contributed by atoms with Gasteiger partial charge in [-0.25, -0.2) is 4.79 Å². The van der Waals surface area contributed by atoms with Crippen molar-refractivity contribution in [2.45, 2.75) is 66.2 Å². The number of aliphatic hydroxyl groups is 1. The van der Waals surface area contributed by atoms with Crippen LogP contribution >= 0.6 is 0 Å². The van der Waals surface area contributed by atoms with Gasteiger partial charge in [0.2, 0.25) is 5.91 Å². The van der Waals surface area contributed by atoms with Gasteiger partial charge < -0.3 is 19.3 Å². The van der Waals surface area contributed by atoms with Gasteiger partial charge in [-0.2, -0.15) is 0 Å². The summed E-state index contributed by atoms with van der Waals surface area (Å²) in [6.45, 7) is 13.4. The fourth-order valence-corrected chi connectivity index (χ4v) is 4.18. The van der Waals surface area contributed by atoms with Crippen molar-refractivity contribution in [2.75, 3.05) is 23.0 Å². The van der Waals surface area contributed by atoms with E-state index in [1.165, 1.54) is 6.92 Å². The molecule has 0 bridgehead atoms. The van der Waals surface area contributed by atoms with Crippen molar-refractivity contribution < 1.29 is 19.4 Å². The molecule has 1 N–H and O–H groups in total. The van der Waals surface area contributed by atoms with E-state index < -0.39 is 11.6 Å². The van der Waals surface area contributed by atoms with Gasteiger partial charge in [-0.1, -0.05) is 6.07 Å². The first-order valence-electron chi connectivity index (χ1n) is 10.7. The molecule has 7 heteroatoms. The van der Waals surface area contributed by atoms with E-state index in [4.69, 9.17) is 4.74 Å². The van der Waals surface area contributed by atoms with Crippen LogP contribution in [-0.2, 0) is 15.1 Å². The molecule has 7 nitrogen and oxygen atoms in total. The molecule has 0 aliphatic carbocycles. The Hall–Kier alpha value is -2.80. The fourth-order valence-electron chi connectivity index (χ4n) is 4.18. The standard InChI is InChI=1S/C24H33N3O4/c1-15(2)31-23(30)25-12-17(4)27(18(5)29)21-9-8-19(11-22(21)25)20-10-16(3)26(13-20)24(6,7)14-28/h8-11,13,15,17,28H,12,14H2,1-7H3/t17-/m0/s1. The lowest BCUT2D eigenvalue weighted by atomic mass is 10.0. The van der Waals surface area contributed by atoms with Gasteiger partial charge in [0.15, 0.2) is 0 Å². The molecule has 3 rings (SSSR count). The molecular weight excluding hydrogens is 394 g/mol. The molecule has 1 aliphatic heterocycles. The molecule has 0 spiro atoms. The molecule has 1 aromatic carbocycles. The van der Waals surface area contributed by atoms with Gasteiger partial charge in [0, 0.05) is 25.4 Å². The molecular formula is C24H33N3O4. The first-order valence-corrected chi connectivity index (χ1v) is 10.7. The van der Waals surface area contributed by atoms with E-state index >= 15 is 0 Å². The first-order chi connectivity index (χ1) is 14.5. The molecule has 2 heterocycles. The summed E-state index contributed by atoms with van der Waals surface area (Å²) in [4.78, 5) is 28.5. The minimum Gasteiger partial charge on any atom is -0.446 e. The van der Waals surface area contributed by atoms with Crippen LogP contribution in [0, 0.1) is 6.92 Å². The topological polar surface area (TPSA) is 75.0 Å². The maximum atomic E-state index is 12.8. The number of aliphatic hydroxyl groups excluding tert-OH is 1. The third kappa shape index (κ3) is 4.32. The van der Waals surface area contributed by atoms with Crippen LogP contribution in [0.5, 0.6) is 0 Å². The third-order valence-corrected chi connectivity index (χ3v) is 5.69. The summed E-state index contributed by atoms with van der Waals surface area (Å²) in [6, 6.07) is 7.68. The molecule has 31 heavy (non-hydrogen) atoms. The Bertz CT molecular complexity index is 993. The van der Waals surface area contributed by atoms with Crippen molar-refractivity contribution >= 4 is 23.4 Å². The van der Waals surface area contributed by atoms with Gasteiger partial charge >= 0.3 is 6.09 Å². The van der Waals surface area contributed by atoms with E-state index in [0.29, 0.717) is 17.9 Å². The largest absolute Gasteiger partial charge is 0.446 e. The summed E-state index contributed by atoms with van der Waals surface area (Å²) in [7, 11) is 0. The van der Waals surface area contributed by atoms with E-state index in [2.05, 4.69) is 10.6 Å². The number of nitrogens with zero attached hydrogens (tertiary/aromatic N) is 3. The fraction of sp³-hybridized carbons (Fsp3) is 0.500. The number of hydrogen-bond acceptors (Lipinski definition) is 4. The van der Waals surface area contributed by atoms with Gasteiger partial charge in [0.05, 0.1) is 35.7 Å². The predicted octanol–water partition coefficient (Wildman–Crippen LogP) is 4.30. The predicted molar refractivity (Wildman–Crippen MR) is 123 cm³/mol. The number of carbonyl (C=O) groups is 2. The lowest BCUT2D eigenvalue weighted by molar-refractivity contribution is -0.117. The van der Waals surface area contributed by atoms with Crippen LogP contribution in [0.25, 0.3) is 11.1 Å². The van der Waals surface area contributed by atoms with Crippen molar-refractivity contribution in [3.05, 3.63) is 36.2 Å². The number of fused-ring (bicyclic) bond motifs is 1. The number of ether oxygens (including phenoxy) is 1. The lowest BCUT2D eigenvalue weighted by Gasteiger charge is -2.40. The maximum absolute atomic E-state index is 12.8. The molecule has 1 aliphatic rings. The summed E-state index contributed by atoms with van der Waals surface area (Å²) >= 11 is 0. The van der Waals surface area contributed by atoms with Crippen LogP contribution in [0.4, 0.5) is 16.2 Å². The molecule has 0 fully saturated rings. The Morgan fingerprint density at radius 3 is 2.45 bits per heavy atom. The van der Waals surface area contributed by atoms with Crippen LogP contribution in [0.3, 0.4) is 0 Å². The van der Waals surface area contributed by atoms with Gasteiger partial charge in [0.25, 0.3) is 0 Å². The molecule has 0 saturated heterocycles. The number of aromatic nitrogens is 1.